The van der Waals surface area contributed by atoms with Crippen LogP contribution in [0.2, 0.25) is 0 Å². The second-order valence-electron chi connectivity index (χ2n) is 6.31. The first-order chi connectivity index (χ1) is 11.3. The summed E-state index contributed by atoms with van der Waals surface area (Å²) < 4.78 is 0. The summed E-state index contributed by atoms with van der Waals surface area (Å²) in [5.41, 5.74) is 1.61. The summed E-state index contributed by atoms with van der Waals surface area (Å²) in [6.45, 7) is 7.48. The number of aryl methyl sites for hydroxylation is 2. The summed E-state index contributed by atoms with van der Waals surface area (Å²) >= 11 is 0. The van der Waals surface area contributed by atoms with Gasteiger partial charge in [0.15, 0.2) is 5.78 Å². The molecule has 1 aromatic carbocycles. The van der Waals surface area contributed by atoms with Gasteiger partial charge in [0, 0.05) is 24.9 Å². The van der Waals surface area contributed by atoms with Crippen LogP contribution in [-0.4, -0.2) is 29.3 Å². The van der Waals surface area contributed by atoms with Gasteiger partial charge in [0.2, 0.25) is 5.91 Å². The molecule has 0 saturated carbocycles. The number of carbonyl (C=O) groups is 3. The topological polar surface area (TPSA) is 83.5 Å². The van der Waals surface area contributed by atoms with Gasteiger partial charge < -0.3 is 10.4 Å². The summed E-state index contributed by atoms with van der Waals surface area (Å²) in [5, 5.41) is 12.0. The van der Waals surface area contributed by atoms with E-state index >= 15 is 0 Å². The molecule has 0 unspecified atom stereocenters. The molecule has 5 nitrogen and oxygen atoms in total. The number of carboxylic acids is 1. The minimum atomic E-state index is -0.938. The Morgan fingerprint density at radius 3 is 2.25 bits per heavy atom. The average Bonchev–Trinajstić information content (AvgIpc) is 2.56. The number of carboxylic acid groups (broad SMARTS) is 1. The zero-order chi connectivity index (χ0) is 18.3. The third kappa shape index (κ3) is 4.91. The number of aliphatic carboxylic acids is 1. The molecule has 0 radical (unpaired) electrons. The van der Waals surface area contributed by atoms with Crippen molar-refractivity contribution in [2.75, 3.05) is 6.54 Å². The van der Waals surface area contributed by atoms with E-state index < -0.39 is 11.4 Å². The lowest BCUT2D eigenvalue weighted by Crippen LogP contribution is -2.42. The molecule has 0 aliphatic rings. The zero-order valence-corrected chi connectivity index (χ0v) is 14.9. The van der Waals surface area contributed by atoms with Crippen LogP contribution in [0, 0.1) is 19.3 Å². The van der Waals surface area contributed by atoms with E-state index in [1.807, 2.05) is 32.0 Å². The largest absolute Gasteiger partial charge is 0.481 e. The number of ketones is 1. The van der Waals surface area contributed by atoms with Crippen molar-refractivity contribution < 1.29 is 19.5 Å². The van der Waals surface area contributed by atoms with Crippen molar-refractivity contribution in [2.24, 2.45) is 5.41 Å². The van der Waals surface area contributed by atoms with Crippen LogP contribution >= 0.6 is 0 Å². The van der Waals surface area contributed by atoms with E-state index in [9.17, 15) is 19.5 Å². The molecule has 0 aliphatic carbocycles. The molecule has 1 rings (SSSR count). The minimum Gasteiger partial charge on any atom is -0.481 e. The first-order valence-electron chi connectivity index (χ1n) is 8.36. The highest BCUT2D eigenvalue weighted by Gasteiger charge is 2.35. The number of hydrogen-bond acceptors (Lipinski definition) is 3. The standard InChI is InChI=1S/C19H27NO4/c1-5-19(6-2,18(23)24)12-20-17(22)10-9-16(21)15-11-13(3)7-8-14(15)4/h7-8,11H,5-6,9-10,12H2,1-4H3,(H,20,22)(H,23,24). The highest BCUT2D eigenvalue weighted by Crippen LogP contribution is 2.25. The molecule has 0 aliphatic heterocycles. The van der Waals surface area contributed by atoms with E-state index in [1.165, 1.54) is 0 Å². The fourth-order valence-electron chi connectivity index (χ4n) is 2.63. The van der Waals surface area contributed by atoms with Gasteiger partial charge in [-0.3, -0.25) is 14.4 Å². The normalized spacial score (nSPS) is 11.2. The van der Waals surface area contributed by atoms with Crippen molar-refractivity contribution in [3.8, 4) is 0 Å². The predicted molar refractivity (Wildman–Crippen MR) is 93.1 cm³/mol. The molecule has 0 atom stereocenters. The Labute approximate surface area is 143 Å². The minimum absolute atomic E-state index is 0.0648. The fraction of sp³-hybridized carbons (Fsp3) is 0.526. The van der Waals surface area contributed by atoms with Crippen molar-refractivity contribution in [3.63, 3.8) is 0 Å². The summed E-state index contributed by atoms with van der Waals surface area (Å²) in [5.74, 6) is -1.26. The van der Waals surface area contributed by atoms with Crippen molar-refractivity contribution in [2.45, 2.75) is 53.4 Å². The molecule has 0 saturated heterocycles. The van der Waals surface area contributed by atoms with Crippen LogP contribution in [0.1, 0.15) is 61.0 Å². The Morgan fingerprint density at radius 1 is 1.08 bits per heavy atom. The quantitative estimate of drug-likeness (QED) is 0.679. The second kappa shape index (κ2) is 8.62. The van der Waals surface area contributed by atoms with E-state index in [1.54, 1.807) is 13.8 Å². The van der Waals surface area contributed by atoms with E-state index in [-0.39, 0.29) is 31.1 Å². The van der Waals surface area contributed by atoms with Crippen molar-refractivity contribution in [3.05, 3.63) is 34.9 Å². The van der Waals surface area contributed by atoms with Crippen LogP contribution < -0.4 is 5.32 Å². The van der Waals surface area contributed by atoms with Crippen LogP contribution in [0.5, 0.6) is 0 Å². The first-order valence-corrected chi connectivity index (χ1v) is 8.36. The lowest BCUT2D eigenvalue weighted by atomic mass is 9.82. The van der Waals surface area contributed by atoms with Crippen molar-refractivity contribution >= 4 is 17.7 Å². The van der Waals surface area contributed by atoms with Gasteiger partial charge in [0.25, 0.3) is 0 Å². The number of Topliss-reactive ketones (excluding diaryl/α,β-unsaturated/α-hetero) is 1. The lowest BCUT2D eigenvalue weighted by molar-refractivity contribution is -0.149. The number of amides is 1. The molecule has 0 aromatic heterocycles. The van der Waals surface area contributed by atoms with Crippen LogP contribution in [0.15, 0.2) is 18.2 Å². The van der Waals surface area contributed by atoms with Crippen LogP contribution in [-0.2, 0) is 9.59 Å². The number of benzene rings is 1. The molecule has 24 heavy (non-hydrogen) atoms. The Balaban J connectivity index is 2.59. The Kier molecular flexibility index (Phi) is 7.14. The Morgan fingerprint density at radius 2 is 1.71 bits per heavy atom. The Hall–Kier alpha value is -2.17. The molecule has 0 fully saturated rings. The van der Waals surface area contributed by atoms with E-state index in [0.717, 1.165) is 11.1 Å². The van der Waals surface area contributed by atoms with Crippen LogP contribution in [0.3, 0.4) is 0 Å². The first kappa shape index (κ1) is 19.9. The maximum Gasteiger partial charge on any atom is 0.311 e. The third-order valence-corrected chi connectivity index (χ3v) is 4.70. The van der Waals surface area contributed by atoms with E-state index in [2.05, 4.69) is 5.32 Å². The lowest BCUT2D eigenvalue weighted by Gasteiger charge is -2.26. The van der Waals surface area contributed by atoms with Crippen LogP contribution in [0.25, 0.3) is 0 Å². The van der Waals surface area contributed by atoms with Gasteiger partial charge >= 0.3 is 5.97 Å². The van der Waals surface area contributed by atoms with Gasteiger partial charge in [-0.05, 0) is 38.3 Å². The molecular formula is C19H27NO4. The van der Waals surface area contributed by atoms with Gasteiger partial charge in [-0.1, -0.05) is 31.5 Å². The summed E-state index contributed by atoms with van der Waals surface area (Å²) in [6.07, 6.45) is 1.07. The van der Waals surface area contributed by atoms with Gasteiger partial charge in [0.1, 0.15) is 0 Å². The Bertz CT molecular complexity index is 618. The second-order valence-corrected chi connectivity index (χ2v) is 6.31. The molecule has 2 N–H and O–H groups in total. The van der Waals surface area contributed by atoms with Gasteiger partial charge in [-0.25, -0.2) is 0 Å². The summed E-state index contributed by atoms with van der Waals surface area (Å²) in [6, 6.07) is 5.67. The number of hydrogen-bond donors (Lipinski definition) is 2. The molecule has 0 heterocycles. The SMILES string of the molecule is CCC(CC)(CNC(=O)CCC(=O)c1cc(C)ccc1C)C(=O)O. The fourth-order valence-corrected chi connectivity index (χ4v) is 2.63. The summed E-state index contributed by atoms with van der Waals surface area (Å²) in [7, 11) is 0. The maximum atomic E-state index is 12.3. The monoisotopic (exact) mass is 333 g/mol. The number of nitrogens with one attached hydrogen (secondary N) is 1. The molecule has 0 spiro atoms. The molecule has 1 amide bonds. The highest BCUT2D eigenvalue weighted by atomic mass is 16.4. The smallest absolute Gasteiger partial charge is 0.311 e. The predicted octanol–water partition coefficient (Wildman–Crippen LogP) is 3.27. The average molecular weight is 333 g/mol. The van der Waals surface area contributed by atoms with Crippen molar-refractivity contribution in [1.29, 1.82) is 0 Å². The number of rotatable bonds is 9. The maximum absolute atomic E-state index is 12.3. The molecule has 132 valence electrons. The molecule has 0 bridgehead atoms. The van der Waals surface area contributed by atoms with E-state index in [0.29, 0.717) is 18.4 Å². The molecular weight excluding hydrogens is 306 g/mol. The zero-order valence-electron chi connectivity index (χ0n) is 14.9. The number of carbonyl (C=O) groups excluding carboxylic acids is 2. The van der Waals surface area contributed by atoms with Crippen molar-refractivity contribution in [1.82, 2.24) is 5.32 Å². The highest BCUT2D eigenvalue weighted by molar-refractivity contribution is 5.99. The summed E-state index contributed by atoms with van der Waals surface area (Å²) in [4.78, 5) is 35.7. The van der Waals surface area contributed by atoms with Gasteiger partial charge in [-0.15, -0.1) is 0 Å². The molecule has 1 aromatic rings. The van der Waals surface area contributed by atoms with Gasteiger partial charge in [0.05, 0.1) is 5.41 Å². The van der Waals surface area contributed by atoms with Gasteiger partial charge in [-0.2, -0.15) is 0 Å². The molecule has 5 heteroatoms. The van der Waals surface area contributed by atoms with Crippen LogP contribution in [0.4, 0.5) is 0 Å². The third-order valence-electron chi connectivity index (χ3n) is 4.70. The van der Waals surface area contributed by atoms with E-state index in [4.69, 9.17) is 0 Å².